The molecule has 2 rings (SSSR count). The van der Waals surface area contributed by atoms with E-state index in [0.29, 0.717) is 12.6 Å². The first-order valence-corrected chi connectivity index (χ1v) is 8.96. The molecule has 0 saturated carbocycles. The maximum absolute atomic E-state index is 6.06. The predicted octanol–water partition coefficient (Wildman–Crippen LogP) is 3.07. The van der Waals surface area contributed by atoms with Gasteiger partial charge in [-0.05, 0) is 50.5 Å². The van der Waals surface area contributed by atoms with Crippen molar-refractivity contribution in [2.45, 2.75) is 45.1 Å². The van der Waals surface area contributed by atoms with Gasteiger partial charge in [-0.3, -0.25) is 4.90 Å². The molecular weight excluding hydrogens is 278 g/mol. The maximum Gasteiger partial charge on any atom is 0.0562 e. The van der Waals surface area contributed by atoms with Gasteiger partial charge >= 0.3 is 0 Å². The Morgan fingerprint density at radius 1 is 1.29 bits per heavy atom. The van der Waals surface area contributed by atoms with E-state index in [4.69, 9.17) is 5.73 Å². The van der Waals surface area contributed by atoms with Gasteiger partial charge in [0.1, 0.15) is 0 Å². The van der Waals surface area contributed by atoms with Crippen molar-refractivity contribution in [3.63, 3.8) is 0 Å². The fourth-order valence-electron chi connectivity index (χ4n) is 2.91. The van der Waals surface area contributed by atoms with Crippen molar-refractivity contribution in [2.24, 2.45) is 5.73 Å². The normalized spacial score (nSPS) is 18.6. The number of nitrogens with zero attached hydrogens (tertiary/aromatic N) is 2. The summed E-state index contributed by atoms with van der Waals surface area (Å²) in [6.07, 6.45) is 2.73. The molecule has 1 unspecified atom stereocenters. The summed E-state index contributed by atoms with van der Waals surface area (Å²) in [7, 11) is 2.21. The van der Waals surface area contributed by atoms with E-state index < -0.39 is 0 Å². The summed E-state index contributed by atoms with van der Waals surface area (Å²) in [5, 5.41) is 0. The minimum atomic E-state index is 0.232. The van der Waals surface area contributed by atoms with Crippen molar-refractivity contribution in [3.05, 3.63) is 21.9 Å². The third-order valence-corrected chi connectivity index (χ3v) is 6.03. The highest BCUT2D eigenvalue weighted by molar-refractivity contribution is 7.12. The quantitative estimate of drug-likeness (QED) is 0.876. The summed E-state index contributed by atoms with van der Waals surface area (Å²) in [4.78, 5) is 7.85. The summed E-state index contributed by atoms with van der Waals surface area (Å²) in [6, 6.07) is 4.90. The molecule has 2 heterocycles. The molecule has 0 spiro atoms. The number of likely N-dealkylation sites (N-methyl/N-ethyl adjacent to an activating group) is 1. The van der Waals surface area contributed by atoms with E-state index in [1.54, 1.807) is 0 Å². The lowest BCUT2D eigenvalue weighted by molar-refractivity contribution is 0.211. The predicted molar refractivity (Wildman–Crippen MR) is 93.1 cm³/mol. The van der Waals surface area contributed by atoms with E-state index in [0.717, 1.165) is 6.54 Å². The van der Waals surface area contributed by atoms with Gasteiger partial charge in [-0.1, -0.05) is 20.8 Å². The van der Waals surface area contributed by atoms with Gasteiger partial charge in [-0.2, -0.15) is 0 Å². The van der Waals surface area contributed by atoms with Crippen molar-refractivity contribution in [2.75, 3.05) is 39.8 Å². The highest BCUT2D eigenvalue weighted by atomic mass is 32.1. The third kappa shape index (κ3) is 4.52. The number of likely N-dealkylation sites (tertiary alicyclic amines) is 1. The van der Waals surface area contributed by atoms with Crippen molar-refractivity contribution in [1.82, 2.24) is 9.80 Å². The highest BCUT2D eigenvalue weighted by Crippen LogP contribution is 2.33. The molecule has 0 radical (unpaired) electrons. The fourth-order valence-corrected chi connectivity index (χ4v) is 4.15. The largest absolute Gasteiger partial charge is 0.329 e. The SMILES string of the molecule is CN(CCN1CCCC1)C(CN)c1ccc(C(C)(C)C)s1. The molecule has 1 fully saturated rings. The average molecular weight is 310 g/mol. The second-order valence-electron chi connectivity index (χ2n) is 7.23. The lowest BCUT2D eigenvalue weighted by atomic mass is 9.95. The lowest BCUT2D eigenvalue weighted by Crippen LogP contribution is -2.36. The van der Waals surface area contributed by atoms with Crippen molar-refractivity contribution in [3.8, 4) is 0 Å². The van der Waals surface area contributed by atoms with Gasteiger partial charge in [-0.15, -0.1) is 11.3 Å². The van der Waals surface area contributed by atoms with Crippen LogP contribution in [0.2, 0.25) is 0 Å². The standard InChI is InChI=1S/C17H31N3S/c1-17(2,3)16-8-7-15(21-16)14(13-18)19(4)11-12-20-9-5-6-10-20/h7-8,14H,5-6,9-13,18H2,1-4H3. The van der Waals surface area contributed by atoms with Crippen molar-refractivity contribution in [1.29, 1.82) is 0 Å². The third-order valence-electron chi connectivity index (χ3n) is 4.42. The van der Waals surface area contributed by atoms with E-state index in [2.05, 4.69) is 49.8 Å². The summed E-state index contributed by atoms with van der Waals surface area (Å²) in [5.74, 6) is 0. The highest BCUT2D eigenvalue weighted by Gasteiger charge is 2.22. The van der Waals surface area contributed by atoms with Gasteiger partial charge in [-0.25, -0.2) is 0 Å². The number of hydrogen-bond acceptors (Lipinski definition) is 4. The van der Waals surface area contributed by atoms with E-state index in [1.165, 1.54) is 42.2 Å². The average Bonchev–Trinajstić information content (AvgIpc) is 3.08. The van der Waals surface area contributed by atoms with Crippen LogP contribution in [-0.2, 0) is 5.41 Å². The summed E-state index contributed by atoms with van der Waals surface area (Å²) in [5.41, 5.74) is 6.29. The molecule has 21 heavy (non-hydrogen) atoms. The molecule has 0 bridgehead atoms. The Morgan fingerprint density at radius 3 is 2.48 bits per heavy atom. The summed E-state index contributed by atoms with van der Waals surface area (Å²) < 4.78 is 0. The zero-order valence-electron chi connectivity index (χ0n) is 14.1. The van der Waals surface area contributed by atoms with Crippen LogP contribution < -0.4 is 5.73 Å². The lowest BCUT2D eigenvalue weighted by Gasteiger charge is -2.28. The van der Waals surface area contributed by atoms with Gasteiger partial charge in [0.05, 0.1) is 6.04 Å². The van der Waals surface area contributed by atoms with Crippen LogP contribution >= 0.6 is 11.3 Å². The van der Waals surface area contributed by atoms with Gasteiger partial charge in [0.15, 0.2) is 0 Å². The van der Waals surface area contributed by atoms with E-state index in [9.17, 15) is 0 Å². The van der Waals surface area contributed by atoms with Gasteiger partial charge in [0.25, 0.3) is 0 Å². The van der Waals surface area contributed by atoms with Crippen LogP contribution in [0.5, 0.6) is 0 Å². The maximum atomic E-state index is 6.06. The molecule has 4 heteroatoms. The Morgan fingerprint density at radius 2 is 1.95 bits per heavy atom. The smallest absolute Gasteiger partial charge is 0.0562 e. The van der Waals surface area contributed by atoms with Gasteiger partial charge in [0, 0.05) is 29.4 Å². The van der Waals surface area contributed by atoms with Gasteiger partial charge < -0.3 is 10.6 Å². The Hall–Kier alpha value is -0.420. The van der Waals surface area contributed by atoms with Crippen LogP contribution in [0.4, 0.5) is 0 Å². The van der Waals surface area contributed by atoms with E-state index in [-0.39, 0.29) is 5.41 Å². The zero-order chi connectivity index (χ0) is 15.5. The molecule has 1 atom stereocenters. The number of thiophene rings is 1. The Kier molecular flexibility index (Phi) is 5.83. The van der Waals surface area contributed by atoms with Crippen molar-refractivity contribution < 1.29 is 0 Å². The minimum absolute atomic E-state index is 0.232. The molecule has 1 saturated heterocycles. The molecule has 1 aromatic heterocycles. The molecule has 2 N–H and O–H groups in total. The summed E-state index contributed by atoms with van der Waals surface area (Å²) >= 11 is 1.92. The van der Waals surface area contributed by atoms with Crippen LogP contribution in [0.3, 0.4) is 0 Å². The van der Waals surface area contributed by atoms with Gasteiger partial charge in [0.2, 0.25) is 0 Å². The molecule has 120 valence electrons. The van der Waals surface area contributed by atoms with Crippen LogP contribution in [0, 0.1) is 0 Å². The topological polar surface area (TPSA) is 32.5 Å². The fraction of sp³-hybridized carbons (Fsp3) is 0.765. The second-order valence-corrected chi connectivity index (χ2v) is 8.35. The molecular formula is C17H31N3S. The Balaban J connectivity index is 1.95. The van der Waals surface area contributed by atoms with Crippen molar-refractivity contribution >= 4 is 11.3 Å². The Labute approximate surface area is 134 Å². The molecule has 0 aromatic carbocycles. The van der Waals surface area contributed by atoms with Crippen LogP contribution in [0.1, 0.15) is 49.4 Å². The number of nitrogens with two attached hydrogens (primary N) is 1. The van der Waals surface area contributed by atoms with Crippen LogP contribution in [0.15, 0.2) is 12.1 Å². The molecule has 1 aromatic rings. The molecule has 3 nitrogen and oxygen atoms in total. The number of hydrogen-bond donors (Lipinski definition) is 1. The van der Waals surface area contributed by atoms with Crippen LogP contribution in [-0.4, -0.2) is 49.6 Å². The van der Waals surface area contributed by atoms with E-state index >= 15 is 0 Å². The monoisotopic (exact) mass is 309 g/mol. The van der Waals surface area contributed by atoms with E-state index in [1.807, 2.05) is 11.3 Å². The zero-order valence-corrected chi connectivity index (χ0v) is 14.9. The molecule has 0 amide bonds. The summed E-state index contributed by atoms with van der Waals surface area (Å²) in [6.45, 7) is 12.3. The van der Waals surface area contributed by atoms with Crippen LogP contribution in [0.25, 0.3) is 0 Å². The first kappa shape index (κ1) is 16.9. The molecule has 1 aliphatic heterocycles. The second kappa shape index (κ2) is 7.23. The molecule has 1 aliphatic rings. The minimum Gasteiger partial charge on any atom is -0.329 e. The first-order valence-electron chi connectivity index (χ1n) is 8.14. The molecule has 0 aliphatic carbocycles. The number of rotatable bonds is 6. The first-order chi connectivity index (χ1) is 9.91. The Bertz CT molecular complexity index is 429.